The molecule has 2 N–H and O–H groups in total. The average molecular weight is 463 g/mol. The van der Waals surface area contributed by atoms with Gasteiger partial charge in [0.15, 0.2) is 0 Å². The van der Waals surface area contributed by atoms with Gasteiger partial charge in [0, 0.05) is 62.6 Å². The molecule has 5 rings (SSSR count). The lowest BCUT2D eigenvalue weighted by Gasteiger charge is -2.42. The SMILES string of the molecule is O=C(NC[C@H](O)CN1CCc2ccccc2C1)c1ccnc(CC2CN(C(=O)C3CCC3)C2)c1. The fraction of sp³-hybridized carbons (Fsp3) is 0.519. The maximum atomic E-state index is 12.7. The summed E-state index contributed by atoms with van der Waals surface area (Å²) in [6.07, 6.45) is 6.07. The molecule has 1 saturated carbocycles. The van der Waals surface area contributed by atoms with Gasteiger partial charge >= 0.3 is 0 Å². The first-order valence-electron chi connectivity index (χ1n) is 12.5. The van der Waals surface area contributed by atoms with Crippen LogP contribution in [0.15, 0.2) is 42.6 Å². The second-order valence-corrected chi connectivity index (χ2v) is 10.1. The highest BCUT2D eigenvalue weighted by atomic mass is 16.3. The number of carbonyl (C=O) groups is 2. The van der Waals surface area contributed by atoms with Crippen molar-refractivity contribution < 1.29 is 14.7 Å². The van der Waals surface area contributed by atoms with Gasteiger partial charge in [-0.05, 0) is 54.9 Å². The van der Waals surface area contributed by atoms with E-state index < -0.39 is 6.10 Å². The molecule has 0 bridgehead atoms. The Morgan fingerprint density at radius 2 is 1.94 bits per heavy atom. The molecule has 2 fully saturated rings. The molecule has 34 heavy (non-hydrogen) atoms. The molecule has 1 aromatic carbocycles. The first-order valence-corrected chi connectivity index (χ1v) is 12.5. The van der Waals surface area contributed by atoms with Crippen molar-refractivity contribution in [1.29, 1.82) is 0 Å². The Balaban J connectivity index is 1.06. The highest BCUT2D eigenvalue weighted by Crippen LogP contribution is 2.31. The zero-order valence-electron chi connectivity index (χ0n) is 19.7. The van der Waals surface area contributed by atoms with E-state index in [9.17, 15) is 14.7 Å². The van der Waals surface area contributed by atoms with E-state index >= 15 is 0 Å². The lowest BCUT2D eigenvalue weighted by molar-refractivity contribution is -0.144. The van der Waals surface area contributed by atoms with Crippen LogP contribution >= 0.6 is 0 Å². The van der Waals surface area contributed by atoms with Gasteiger partial charge in [0.05, 0.1) is 6.10 Å². The number of aliphatic hydroxyl groups is 1. The fourth-order valence-electron chi connectivity index (χ4n) is 5.20. The number of aliphatic hydroxyl groups excluding tert-OH is 1. The summed E-state index contributed by atoms with van der Waals surface area (Å²) in [5, 5.41) is 13.4. The third kappa shape index (κ3) is 5.31. The summed E-state index contributed by atoms with van der Waals surface area (Å²) in [5.41, 5.74) is 4.14. The summed E-state index contributed by atoms with van der Waals surface area (Å²) in [6.45, 7) is 4.09. The van der Waals surface area contributed by atoms with E-state index in [-0.39, 0.29) is 18.4 Å². The lowest BCUT2D eigenvalue weighted by atomic mass is 9.82. The van der Waals surface area contributed by atoms with Gasteiger partial charge in [0.1, 0.15) is 0 Å². The molecular weight excluding hydrogens is 428 g/mol. The van der Waals surface area contributed by atoms with Crippen molar-refractivity contribution in [3.8, 4) is 0 Å². The normalized spacial score (nSPS) is 19.6. The molecule has 2 aliphatic heterocycles. The zero-order chi connectivity index (χ0) is 23.5. The van der Waals surface area contributed by atoms with E-state index in [1.54, 1.807) is 12.3 Å². The molecule has 1 saturated heterocycles. The van der Waals surface area contributed by atoms with Crippen LogP contribution in [-0.2, 0) is 24.2 Å². The molecule has 180 valence electrons. The quantitative estimate of drug-likeness (QED) is 0.627. The average Bonchev–Trinajstić information content (AvgIpc) is 2.78. The third-order valence-corrected chi connectivity index (χ3v) is 7.48. The number of fused-ring (bicyclic) bond motifs is 1. The van der Waals surface area contributed by atoms with E-state index in [0.717, 1.165) is 57.6 Å². The van der Waals surface area contributed by atoms with Gasteiger partial charge in [0.25, 0.3) is 5.91 Å². The van der Waals surface area contributed by atoms with E-state index in [4.69, 9.17) is 0 Å². The molecule has 0 spiro atoms. The molecule has 7 nitrogen and oxygen atoms in total. The third-order valence-electron chi connectivity index (χ3n) is 7.48. The number of likely N-dealkylation sites (tertiary alicyclic amines) is 1. The molecule has 7 heteroatoms. The Kier molecular flexibility index (Phi) is 6.92. The second-order valence-electron chi connectivity index (χ2n) is 10.1. The first-order chi connectivity index (χ1) is 16.5. The van der Waals surface area contributed by atoms with Gasteiger partial charge in [-0.2, -0.15) is 0 Å². The highest BCUT2D eigenvalue weighted by Gasteiger charge is 2.36. The number of aromatic nitrogens is 1. The van der Waals surface area contributed by atoms with Crippen molar-refractivity contribution in [2.45, 2.75) is 44.8 Å². The van der Waals surface area contributed by atoms with Crippen LogP contribution in [0, 0.1) is 11.8 Å². The van der Waals surface area contributed by atoms with Crippen molar-refractivity contribution in [2.24, 2.45) is 11.8 Å². The van der Waals surface area contributed by atoms with Crippen molar-refractivity contribution in [2.75, 3.05) is 32.7 Å². The highest BCUT2D eigenvalue weighted by molar-refractivity contribution is 5.94. The van der Waals surface area contributed by atoms with E-state index in [1.165, 1.54) is 17.5 Å². The Morgan fingerprint density at radius 1 is 1.15 bits per heavy atom. The second kappa shape index (κ2) is 10.2. The standard InChI is InChI=1S/C27H34N4O3/c32-25(18-30-11-9-20-4-1-2-5-23(20)17-30)14-29-26(33)22-8-10-28-24(13-22)12-19-15-31(16-19)27(34)21-6-3-7-21/h1-2,4-5,8,10,13,19,21,25,32H,3,6-7,9,11-12,14-18H2,(H,29,33)/t25-/m0/s1. The molecular formula is C27H34N4O3. The molecule has 0 unspecified atom stereocenters. The van der Waals surface area contributed by atoms with Crippen molar-refractivity contribution in [3.05, 3.63) is 65.0 Å². The molecule has 1 atom stereocenters. The molecule has 1 aromatic heterocycles. The summed E-state index contributed by atoms with van der Waals surface area (Å²) in [5.74, 6) is 0.788. The van der Waals surface area contributed by atoms with Gasteiger partial charge in [0.2, 0.25) is 5.91 Å². The van der Waals surface area contributed by atoms with Crippen LogP contribution in [0.5, 0.6) is 0 Å². The fourth-order valence-corrected chi connectivity index (χ4v) is 5.20. The zero-order valence-corrected chi connectivity index (χ0v) is 19.7. The molecule has 2 aromatic rings. The molecule has 3 aliphatic rings. The van der Waals surface area contributed by atoms with Crippen molar-refractivity contribution in [3.63, 3.8) is 0 Å². The minimum absolute atomic E-state index is 0.193. The van der Waals surface area contributed by atoms with Crippen LogP contribution in [0.1, 0.15) is 46.4 Å². The topological polar surface area (TPSA) is 85.8 Å². The Bertz CT molecular complexity index is 1030. The van der Waals surface area contributed by atoms with E-state index in [1.807, 2.05) is 11.0 Å². The molecule has 1 aliphatic carbocycles. The minimum atomic E-state index is -0.621. The largest absolute Gasteiger partial charge is 0.390 e. The number of carbonyl (C=O) groups excluding carboxylic acids is 2. The van der Waals surface area contributed by atoms with Crippen LogP contribution in [0.4, 0.5) is 0 Å². The summed E-state index contributed by atoms with van der Waals surface area (Å²) in [4.78, 5) is 33.6. The Hall–Kier alpha value is -2.77. The van der Waals surface area contributed by atoms with Crippen LogP contribution in [-0.4, -0.2) is 70.5 Å². The maximum Gasteiger partial charge on any atom is 0.251 e. The number of nitrogens with zero attached hydrogens (tertiary/aromatic N) is 3. The Morgan fingerprint density at radius 3 is 2.71 bits per heavy atom. The van der Waals surface area contributed by atoms with Crippen LogP contribution in [0.25, 0.3) is 0 Å². The molecule has 2 amide bonds. The number of benzene rings is 1. The molecule has 3 heterocycles. The summed E-state index contributed by atoms with van der Waals surface area (Å²) in [6, 6.07) is 12.0. The van der Waals surface area contributed by atoms with Gasteiger partial charge in [-0.1, -0.05) is 30.7 Å². The smallest absolute Gasteiger partial charge is 0.251 e. The van der Waals surface area contributed by atoms with Crippen LogP contribution < -0.4 is 5.32 Å². The Labute approximate surface area is 201 Å². The number of β-amino-alcohol motifs (C(OH)–C–C–N with tert-alkyl or cyclic N) is 1. The first kappa shape index (κ1) is 23.0. The number of amides is 2. The van der Waals surface area contributed by atoms with Crippen molar-refractivity contribution in [1.82, 2.24) is 20.1 Å². The van der Waals surface area contributed by atoms with Crippen molar-refractivity contribution >= 4 is 11.8 Å². The maximum absolute atomic E-state index is 12.7. The number of hydrogen-bond acceptors (Lipinski definition) is 5. The minimum Gasteiger partial charge on any atom is -0.390 e. The lowest BCUT2D eigenvalue weighted by Crippen LogP contribution is -2.53. The summed E-state index contributed by atoms with van der Waals surface area (Å²) in [7, 11) is 0. The number of hydrogen-bond donors (Lipinski definition) is 2. The monoisotopic (exact) mass is 462 g/mol. The predicted octanol–water partition coefficient (Wildman–Crippen LogP) is 2.03. The number of nitrogens with one attached hydrogen (secondary N) is 1. The van der Waals surface area contributed by atoms with Gasteiger partial charge in [-0.25, -0.2) is 0 Å². The summed E-state index contributed by atoms with van der Waals surface area (Å²) >= 11 is 0. The van der Waals surface area contributed by atoms with Gasteiger partial charge < -0.3 is 15.3 Å². The number of pyridine rings is 1. The number of rotatable bonds is 8. The summed E-state index contributed by atoms with van der Waals surface area (Å²) < 4.78 is 0. The van der Waals surface area contributed by atoms with E-state index in [2.05, 4.69) is 39.5 Å². The van der Waals surface area contributed by atoms with Crippen LogP contribution in [0.3, 0.4) is 0 Å². The van der Waals surface area contributed by atoms with E-state index in [0.29, 0.717) is 23.9 Å². The van der Waals surface area contributed by atoms with Crippen LogP contribution in [0.2, 0.25) is 0 Å². The predicted molar refractivity (Wildman–Crippen MR) is 129 cm³/mol. The molecule has 0 radical (unpaired) electrons. The van der Waals surface area contributed by atoms with Gasteiger partial charge in [-0.15, -0.1) is 0 Å². The van der Waals surface area contributed by atoms with Gasteiger partial charge in [-0.3, -0.25) is 19.5 Å².